The lowest BCUT2D eigenvalue weighted by Gasteiger charge is -2.03. The molecule has 1 aromatic rings. The molecule has 0 spiro atoms. The third-order valence-corrected chi connectivity index (χ3v) is 2.56. The first-order chi connectivity index (χ1) is 8.34. The smallest absolute Gasteiger partial charge is 0.334 e. The van der Waals surface area contributed by atoms with Crippen molar-refractivity contribution < 1.29 is 4.92 Å². The fourth-order valence-corrected chi connectivity index (χ4v) is 1.65. The van der Waals surface area contributed by atoms with Crippen molar-refractivity contribution >= 4 is 11.5 Å². The van der Waals surface area contributed by atoms with Crippen LogP contribution in [-0.2, 0) is 7.05 Å². The summed E-state index contributed by atoms with van der Waals surface area (Å²) in [5.74, 6) is 0.483. The minimum atomic E-state index is -0.368. The van der Waals surface area contributed by atoms with E-state index in [1.54, 1.807) is 7.05 Å². The maximum atomic E-state index is 11.2. The van der Waals surface area contributed by atoms with E-state index in [1.807, 2.05) is 33.8 Å². The molecule has 0 bridgehead atoms. The maximum Gasteiger partial charge on any atom is 0.334 e. The van der Waals surface area contributed by atoms with Crippen LogP contribution in [0.15, 0.2) is 11.6 Å². The van der Waals surface area contributed by atoms with Crippen LogP contribution >= 0.6 is 0 Å². The van der Waals surface area contributed by atoms with Gasteiger partial charge in [-0.2, -0.15) is 5.10 Å². The summed E-state index contributed by atoms with van der Waals surface area (Å²) in [6.07, 6.45) is 1.98. The molecule has 1 heterocycles. The summed E-state index contributed by atoms with van der Waals surface area (Å²) in [5, 5.41) is 18.4. The molecule has 1 N–H and O–H groups in total. The molecule has 100 valence electrons. The molecular weight excluding hydrogens is 232 g/mol. The zero-order valence-electron chi connectivity index (χ0n) is 11.5. The molecule has 6 heteroatoms. The Bertz CT molecular complexity index is 471. The van der Waals surface area contributed by atoms with Gasteiger partial charge in [-0.25, -0.2) is 4.68 Å². The highest BCUT2D eigenvalue weighted by molar-refractivity contribution is 5.60. The largest absolute Gasteiger partial charge is 0.361 e. The minimum absolute atomic E-state index is 0.0237. The van der Waals surface area contributed by atoms with Crippen LogP contribution in [-0.4, -0.2) is 21.2 Å². The zero-order valence-corrected chi connectivity index (χ0v) is 11.5. The van der Waals surface area contributed by atoms with E-state index >= 15 is 0 Å². The van der Waals surface area contributed by atoms with Gasteiger partial charge in [-0.1, -0.05) is 25.5 Å². The molecule has 0 aliphatic heterocycles. The SMILES string of the molecule is CC(C)=CCNc1c([N+](=O)[O-])c(C(C)C)nn1C. The second-order valence-electron chi connectivity index (χ2n) is 4.78. The fourth-order valence-electron chi connectivity index (χ4n) is 1.65. The van der Waals surface area contributed by atoms with Gasteiger partial charge in [0.25, 0.3) is 0 Å². The van der Waals surface area contributed by atoms with Gasteiger partial charge in [0.2, 0.25) is 5.82 Å². The summed E-state index contributed by atoms with van der Waals surface area (Å²) in [7, 11) is 1.71. The summed E-state index contributed by atoms with van der Waals surface area (Å²) < 4.78 is 1.53. The third-order valence-electron chi connectivity index (χ3n) is 2.56. The van der Waals surface area contributed by atoms with Gasteiger partial charge in [0.1, 0.15) is 5.69 Å². The van der Waals surface area contributed by atoms with Crippen molar-refractivity contribution in [2.75, 3.05) is 11.9 Å². The number of nitrogens with one attached hydrogen (secondary N) is 1. The van der Waals surface area contributed by atoms with Gasteiger partial charge in [-0.3, -0.25) is 10.1 Å². The second-order valence-corrected chi connectivity index (χ2v) is 4.78. The van der Waals surface area contributed by atoms with Crippen LogP contribution < -0.4 is 5.32 Å². The van der Waals surface area contributed by atoms with Crippen molar-refractivity contribution in [1.29, 1.82) is 0 Å². The molecule has 0 aromatic carbocycles. The Morgan fingerprint density at radius 2 is 2.17 bits per heavy atom. The van der Waals surface area contributed by atoms with Gasteiger partial charge in [0, 0.05) is 19.5 Å². The quantitative estimate of drug-likeness (QED) is 0.497. The van der Waals surface area contributed by atoms with Gasteiger partial charge < -0.3 is 5.32 Å². The molecule has 1 rings (SSSR count). The first-order valence-corrected chi connectivity index (χ1v) is 5.93. The van der Waals surface area contributed by atoms with Crippen molar-refractivity contribution in [3.8, 4) is 0 Å². The van der Waals surface area contributed by atoms with Crippen LogP contribution in [0.1, 0.15) is 39.3 Å². The van der Waals surface area contributed by atoms with Crippen LogP contribution in [0.2, 0.25) is 0 Å². The highest BCUT2D eigenvalue weighted by atomic mass is 16.6. The molecule has 0 aliphatic rings. The highest BCUT2D eigenvalue weighted by Gasteiger charge is 2.27. The van der Waals surface area contributed by atoms with E-state index in [9.17, 15) is 10.1 Å². The maximum absolute atomic E-state index is 11.2. The minimum Gasteiger partial charge on any atom is -0.361 e. The molecule has 0 saturated carbocycles. The van der Waals surface area contributed by atoms with Crippen LogP contribution in [0.3, 0.4) is 0 Å². The summed E-state index contributed by atoms with van der Waals surface area (Å²) in [5.41, 5.74) is 1.76. The zero-order chi connectivity index (χ0) is 13.9. The Balaban J connectivity index is 3.10. The molecule has 0 saturated heterocycles. The monoisotopic (exact) mass is 252 g/mol. The molecule has 0 atom stereocenters. The predicted octanol–water partition coefficient (Wildman–Crippen LogP) is 2.83. The van der Waals surface area contributed by atoms with Gasteiger partial charge in [-0.15, -0.1) is 0 Å². The van der Waals surface area contributed by atoms with Crippen LogP contribution in [0.4, 0.5) is 11.5 Å². The van der Waals surface area contributed by atoms with Gasteiger partial charge in [0.05, 0.1) is 4.92 Å². The topological polar surface area (TPSA) is 73.0 Å². The van der Waals surface area contributed by atoms with E-state index < -0.39 is 0 Å². The summed E-state index contributed by atoms with van der Waals surface area (Å²) >= 11 is 0. The van der Waals surface area contributed by atoms with E-state index in [0.717, 1.165) is 5.57 Å². The number of allylic oxidation sites excluding steroid dienone is 1. The molecular formula is C12H20N4O2. The normalized spacial score (nSPS) is 10.6. The third kappa shape index (κ3) is 3.09. The van der Waals surface area contributed by atoms with Crippen LogP contribution in [0.25, 0.3) is 0 Å². The average molecular weight is 252 g/mol. The Morgan fingerprint density at radius 1 is 1.56 bits per heavy atom. The number of aryl methyl sites for hydroxylation is 1. The molecule has 0 unspecified atom stereocenters. The van der Waals surface area contributed by atoms with E-state index in [4.69, 9.17) is 0 Å². The van der Waals surface area contributed by atoms with Crippen molar-refractivity contribution in [1.82, 2.24) is 9.78 Å². The van der Waals surface area contributed by atoms with Crippen LogP contribution in [0, 0.1) is 10.1 Å². The summed E-state index contributed by atoms with van der Waals surface area (Å²) in [6, 6.07) is 0. The number of nitro groups is 1. The number of anilines is 1. The second kappa shape index (κ2) is 5.66. The molecule has 0 amide bonds. The molecule has 0 radical (unpaired) electrons. The lowest BCUT2D eigenvalue weighted by atomic mass is 10.1. The fraction of sp³-hybridized carbons (Fsp3) is 0.583. The van der Waals surface area contributed by atoms with Crippen molar-refractivity contribution in [3.63, 3.8) is 0 Å². The Hall–Kier alpha value is -1.85. The first-order valence-electron chi connectivity index (χ1n) is 5.93. The van der Waals surface area contributed by atoms with E-state index in [2.05, 4.69) is 10.4 Å². The van der Waals surface area contributed by atoms with Crippen molar-refractivity contribution in [2.45, 2.75) is 33.6 Å². The number of hydrogen-bond donors (Lipinski definition) is 1. The van der Waals surface area contributed by atoms with Crippen molar-refractivity contribution in [3.05, 3.63) is 27.5 Å². The molecule has 0 fully saturated rings. The Labute approximate surface area is 107 Å². The van der Waals surface area contributed by atoms with Gasteiger partial charge in [0.15, 0.2) is 0 Å². The molecule has 0 aliphatic carbocycles. The lowest BCUT2D eigenvalue weighted by molar-refractivity contribution is -0.384. The van der Waals surface area contributed by atoms with E-state index in [-0.39, 0.29) is 16.5 Å². The molecule has 1 aromatic heterocycles. The molecule has 18 heavy (non-hydrogen) atoms. The van der Waals surface area contributed by atoms with E-state index in [1.165, 1.54) is 4.68 Å². The lowest BCUT2D eigenvalue weighted by Crippen LogP contribution is -2.06. The van der Waals surface area contributed by atoms with E-state index in [0.29, 0.717) is 18.1 Å². The van der Waals surface area contributed by atoms with Crippen LogP contribution in [0.5, 0.6) is 0 Å². The highest BCUT2D eigenvalue weighted by Crippen LogP contribution is 2.32. The number of nitrogens with zero attached hydrogens (tertiary/aromatic N) is 3. The Morgan fingerprint density at radius 3 is 2.61 bits per heavy atom. The Kier molecular flexibility index (Phi) is 4.47. The number of hydrogen-bond acceptors (Lipinski definition) is 4. The predicted molar refractivity (Wildman–Crippen MR) is 71.9 cm³/mol. The average Bonchev–Trinajstić information content (AvgIpc) is 2.56. The summed E-state index contributed by atoms with van der Waals surface area (Å²) in [6.45, 7) is 8.32. The standard InChI is InChI=1S/C12H20N4O2/c1-8(2)6-7-13-12-11(16(17)18)10(9(3)4)14-15(12)5/h6,9,13H,7H2,1-5H3. The van der Waals surface area contributed by atoms with Crippen molar-refractivity contribution in [2.24, 2.45) is 7.05 Å². The number of rotatable bonds is 5. The number of aromatic nitrogens is 2. The molecule has 6 nitrogen and oxygen atoms in total. The van der Waals surface area contributed by atoms with Gasteiger partial charge in [-0.05, 0) is 13.8 Å². The summed E-state index contributed by atoms with van der Waals surface area (Å²) in [4.78, 5) is 10.8. The van der Waals surface area contributed by atoms with Gasteiger partial charge >= 0.3 is 5.69 Å². The first kappa shape index (κ1) is 14.2.